The first-order valence-corrected chi connectivity index (χ1v) is 10.8. The van der Waals surface area contributed by atoms with Crippen LogP contribution in [0.15, 0.2) is 40.2 Å². The predicted octanol–water partition coefficient (Wildman–Crippen LogP) is 4.17. The third kappa shape index (κ3) is 4.14. The summed E-state index contributed by atoms with van der Waals surface area (Å²) in [4.78, 5) is 18.5. The van der Waals surface area contributed by atoms with Crippen molar-refractivity contribution in [3.63, 3.8) is 0 Å². The number of thiazole rings is 1. The Morgan fingerprint density at radius 2 is 2.21 bits per heavy atom. The fourth-order valence-corrected chi connectivity index (χ4v) is 5.61. The van der Waals surface area contributed by atoms with Crippen molar-refractivity contribution >= 4 is 46.5 Å². The lowest BCUT2D eigenvalue weighted by Crippen LogP contribution is -2.33. The fraction of sp³-hybridized carbons (Fsp3) is 0.412. The highest BCUT2D eigenvalue weighted by molar-refractivity contribution is 8.02. The van der Waals surface area contributed by atoms with Crippen LogP contribution in [0.5, 0.6) is 0 Å². The smallest absolute Gasteiger partial charge is 0.238 e. The van der Waals surface area contributed by atoms with Gasteiger partial charge in [0.15, 0.2) is 0 Å². The second-order valence-corrected chi connectivity index (χ2v) is 8.88. The number of hydrogen-bond donors (Lipinski definition) is 1. The number of thioether (sulfide) groups is 2. The maximum absolute atomic E-state index is 12.3. The van der Waals surface area contributed by atoms with Gasteiger partial charge in [0.1, 0.15) is 4.34 Å². The van der Waals surface area contributed by atoms with Crippen molar-refractivity contribution in [2.45, 2.75) is 35.6 Å². The zero-order chi connectivity index (χ0) is 16.9. The molecule has 24 heavy (non-hydrogen) atoms. The van der Waals surface area contributed by atoms with Gasteiger partial charge >= 0.3 is 0 Å². The van der Waals surface area contributed by atoms with Crippen LogP contribution >= 0.6 is 34.9 Å². The van der Waals surface area contributed by atoms with Gasteiger partial charge in [-0.1, -0.05) is 30.8 Å². The molecule has 7 heteroatoms. The molecule has 128 valence electrons. The zero-order valence-corrected chi connectivity index (χ0v) is 15.9. The Labute approximate surface area is 154 Å². The van der Waals surface area contributed by atoms with Crippen molar-refractivity contribution in [1.82, 2.24) is 4.98 Å². The van der Waals surface area contributed by atoms with E-state index in [1.54, 1.807) is 34.9 Å². The second-order valence-electron chi connectivity index (χ2n) is 5.48. The lowest BCUT2D eigenvalue weighted by atomic mass is 10.1. The topological polar surface area (TPSA) is 53.4 Å². The van der Waals surface area contributed by atoms with Gasteiger partial charge in [-0.25, -0.2) is 4.98 Å². The van der Waals surface area contributed by atoms with E-state index in [1.807, 2.05) is 47.7 Å². The van der Waals surface area contributed by atoms with Crippen LogP contribution in [0.25, 0.3) is 0 Å². The lowest BCUT2D eigenvalue weighted by molar-refractivity contribution is -0.115. The average molecular weight is 381 g/mol. The van der Waals surface area contributed by atoms with E-state index in [0.29, 0.717) is 12.2 Å². The van der Waals surface area contributed by atoms with Crippen molar-refractivity contribution in [3.8, 4) is 0 Å². The highest BCUT2D eigenvalue weighted by Gasteiger charge is 2.32. The molecule has 0 aliphatic carbocycles. The minimum Gasteiger partial charge on any atom is -0.388 e. The van der Waals surface area contributed by atoms with Crippen molar-refractivity contribution in [2.75, 3.05) is 16.4 Å². The van der Waals surface area contributed by atoms with Crippen LogP contribution in [0.1, 0.15) is 31.4 Å². The van der Waals surface area contributed by atoms with Gasteiger partial charge in [0.2, 0.25) is 5.91 Å². The van der Waals surface area contributed by atoms with E-state index < -0.39 is 6.10 Å². The molecule has 1 aromatic carbocycles. The monoisotopic (exact) mass is 380 g/mol. The molecule has 0 bridgehead atoms. The van der Waals surface area contributed by atoms with Crippen molar-refractivity contribution in [2.24, 2.45) is 0 Å². The quantitative estimate of drug-likeness (QED) is 0.731. The standard InChI is InChI=1S/C17H20N2O2S3/c1-2-14(20)12-3-5-13(6-4-12)19-15(21)11-24-16(19)7-9-22-17-18-8-10-23-17/h3-6,8,10,14,16,20H,2,7,9,11H2,1H3. The minimum atomic E-state index is -0.437. The molecule has 1 amide bonds. The summed E-state index contributed by atoms with van der Waals surface area (Å²) in [5, 5.41) is 12.1. The SMILES string of the molecule is CCC(O)c1ccc(N2C(=O)CSC2CCSc2nccs2)cc1. The number of hydrogen-bond acceptors (Lipinski definition) is 6. The van der Waals surface area contributed by atoms with Gasteiger partial charge in [-0.2, -0.15) is 0 Å². The summed E-state index contributed by atoms with van der Waals surface area (Å²) >= 11 is 5.10. The Kier molecular flexibility index (Phi) is 6.21. The number of aliphatic hydroxyl groups is 1. The Morgan fingerprint density at radius 1 is 1.42 bits per heavy atom. The molecule has 1 aliphatic rings. The Morgan fingerprint density at radius 3 is 2.88 bits per heavy atom. The molecule has 1 aliphatic heterocycles. The highest BCUT2D eigenvalue weighted by Crippen LogP contribution is 2.35. The van der Waals surface area contributed by atoms with Crippen LogP contribution in [-0.4, -0.2) is 32.9 Å². The summed E-state index contributed by atoms with van der Waals surface area (Å²) in [6.07, 6.45) is 3.00. The second kappa shape index (κ2) is 8.38. The number of anilines is 1. The summed E-state index contributed by atoms with van der Waals surface area (Å²) in [6.45, 7) is 1.95. The van der Waals surface area contributed by atoms with E-state index >= 15 is 0 Å². The van der Waals surface area contributed by atoms with Crippen LogP contribution in [0.2, 0.25) is 0 Å². The van der Waals surface area contributed by atoms with Gasteiger partial charge < -0.3 is 5.11 Å². The first-order chi connectivity index (χ1) is 11.7. The lowest BCUT2D eigenvalue weighted by Gasteiger charge is -2.24. The van der Waals surface area contributed by atoms with Gasteiger partial charge in [0.05, 0.1) is 17.2 Å². The van der Waals surface area contributed by atoms with Gasteiger partial charge in [-0.3, -0.25) is 9.69 Å². The Balaban J connectivity index is 1.64. The number of aromatic nitrogens is 1. The highest BCUT2D eigenvalue weighted by atomic mass is 32.2. The molecule has 2 aromatic rings. The Bertz CT molecular complexity index is 661. The van der Waals surface area contributed by atoms with Crippen LogP contribution in [0, 0.1) is 0 Å². The summed E-state index contributed by atoms with van der Waals surface area (Å²) in [5.74, 6) is 1.64. The van der Waals surface area contributed by atoms with Crippen LogP contribution in [0.3, 0.4) is 0 Å². The average Bonchev–Trinajstić information content (AvgIpc) is 3.24. The van der Waals surface area contributed by atoms with Crippen molar-refractivity contribution in [3.05, 3.63) is 41.4 Å². The number of aliphatic hydroxyl groups excluding tert-OH is 1. The van der Waals surface area contributed by atoms with Gasteiger partial charge in [-0.05, 0) is 30.5 Å². The maximum Gasteiger partial charge on any atom is 0.238 e. The van der Waals surface area contributed by atoms with E-state index in [9.17, 15) is 9.90 Å². The summed E-state index contributed by atoms with van der Waals surface area (Å²) in [6, 6.07) is 7.72. The first-order valence-electron chi connectivity index (χ1n) is 7.93. The summed E-state index contributed by atoms with van der Waals surface area (Å²) < 4.78 is 1.08. The van der Waals surface area contributed by atoms with Crippen LogP contribution in [-0.2, 0) is 4.79 Å². The number of carbonyl (C=O) groups excluding carboxylic acids is 1. The minimum absolute atomic E-state index is 0.160. The van der Waals surface area contributed by atoms with E-state index in [-0.39, 0.29) is 11.3 Å². The Hall–Kier alpha value is -1.02. The number of rotatable bonds is 7. The summed E-state index contributed by atoms with van der Waals surface area (Å²) in [5.41, 5.74) is 1.82. The normalized spacial score (nSPS) is 19.0. The largest absolute Gasteiger partial charge is 0.388 e. The fourth-order valence-electron chi connectivity index (χ4n) is 2.62. The number of amides is 1. The van der Waals surface area contributed by atoms with Gasteiger partial charge in [0.25, 0.3) is 0 Å². The maximum atomic E-state index is 12.3. The van der Waals surface area contributed by atoms with Crippen molar-refractivity contribution in [1.29, 1.82) is 0 Å². The van der Waals surface area contributed by atoms with Crippen LogP contribution < -0.4 is 4.90 Å². The molecule has 0 radical (unpaired) electrons. The molecule has 0 saturated carbocycles. The van der Waals surface area contributed by atoms with Gasteiger partial charge in [-0.15, -0.1) is 23.1 Å². The predicted molar refractivity (Wildman–Crippen MR) is 103 cm³/mol. The third-order valence-electron chi connectivity index (χ3n) is 3.90. The molecule has 1 fully saturated rings. The molecular weight excluding hydrogens is 360 g/mol. The van der Waals surface area contributed by atoms with Crippen molar-refractivity contribution < 1.29 is 9.90 Å². The number of nitrogens with zero attached hydrogens (tertiary/aromatic N) is 2. The molecule has 1 N–H and O–H groups in total. The number of carbonyl (C=O) groups is 1. The molecule has 1 saturated heterocycles. The molecular formula is C17H20N2O2S3. The van der Waals surface area contributed by atoms with E-state index in [4.69, 9.17) is 0 Å². The van der Waals surface area contributed by atoms with E-state index in [1.165, 1.54) is 0 Å². The van der Waals surface area contributed by atoms with E-state index in [0.717, 1.165) is 27.8 Å². The molecule has 4 nitrogen and oxygen atoms in total. The third-order valence-corrected chi connectivity index (χ3v) is 7.14. The van der Waals surface area contributed by atoms with Crippen LogP contribution in [0.4, 0.5) is 5.69 Å². The van der Waals surface area contributed by atoms with Gasteiger partial charge in [0, 0.05) is 23.0 Å². The zero-order valence-electron chi connectivity index (χ0n) is 13.4. The molecule has 2 heterocycles. The molecule has 1 aromatic heterocycles. The van der Waals surface area contributed by atoms with E-state index in [2.05, 4.69) is 4.98 Å². The molecule has 3 rings (SSSR count). The molecule has 2 atom stereocenters. The summed E-state index contributed by atoms with van der Waals surface area (Å²) in [7, 11) is 0. The molecule has 0 spiro atoms. The first kappa shape index (κ1) is 17.8. The number of benzene rings is 1. The molecule has 2 unspecified atom stereocenters.